The van der Waals surface area contributed by atoms with Crippen molar-refractivity contribution in [2.45, 2.75) is 45.9 Å². The minimum atomic E-state index is -4.98. The molecule has 0 N–H and O–H groups in total. The van der Waals surface area contributed by atoms with Gasteiger partial charge in [-0.05, 0) is 23.6 Å². The third kappa shape index (κ3) is 4.35. The monoisotopic (exact) mass is 414 g/mol. The number of hydrogen-bond acceptors (Lipinski definition) is 5. The number of para-hydroxylation sites is 1. The fraction of sp³-hybridized carbons (Fsp3) is 0.368. The predicted octanol–water partition coefficient (Wildman–Crippen LogP) is 6.38. The van der Waals surface area contributed by atoms with E-state index in [1.807, 2.05) is 33.8 Å². The molecule has 0 unspecified atom stereocenters. The van der Waals surface area contributed by atoms with Gasteiger partial charge in [0.1, 0.15) is 10.7 Å². The van der Waals surface area contributed by atoms with Crippen molar-refractivity contribution in [1.82, 2.24) is 9.97 Å². The van der Waals surface area contributed by atoms with Gasteiger partial charge in [-0.15, -0.1) is 24.5 Å². The fourth-order valence-electron chi connectivity index (χ4n) is 2.43. The Morgan fingerprint density at radius 1 is 1.11 bits per heavy atom. The molecule has 3 aromatic rings. The number of aryl methyl sites for hydroxylation is 1. The predicted molar refractivity (Wildman–Crippen MR) is 98.7 cm³/mol. The number of nitrogens with zero attached hydrogens (tertiary/aromatic N) is 2. The maximum atomic E-state index is 14.3. The summed E-state index contributed by atoms with van der Waals surface area (Å²) in [6.07, 6.45) is -4.50. The molecular weight excluding hydrogens is 396 g/mol. The molecule has 0 aliphatic carbocycles. The highest BCUT2D eigenvalue weighted by Gasteiger charge is 2.33. The zero-order valence-corrected chi connectivity index (χ0v) is 16.5. The maximum absolute atomic E-state index is 14.3. The van der Waals surface area contributed by atoms with Crippen LogP contribution in [0.4, 0.5) is 17.6 Å². The van der Waals surface area contributed by atoms with Crippen LogP contribution in [0.25, 0.3) is 10.2 Å². The zero-order valence-electron chi connectivity index (χ0n) is 15.6. The number of ether oxygens (including phenoxy) is 2. The van der Waals surface area contributed by atoms with Crippen LogP contribution in [0.1, 0.15) is 38.4 Å². The molecule has 1 aromatic carbocycles. The Kier molecular flexibility index (Phi) is 5.22. The normalized spacial score (nSPS) is 12.4. The van der Waals surface area contributed by atoms with E-state index in [-0.39, 0.29) is 11.3 Å². The maximum Gasteiger partial charge on any atom is 0.573 e. The molecule has 3 rings (SSSR count). The van der Waals surface area contributed by atoms with Crippen LogP contribution in [0.2, 0.25) is 0 Å². The molecule has 0 radical (unpaired) electrons. The second-order valence-corrected chi connectivity index (χ2v) is 8.13. The highest BCUT2D eigenvalue weighted by Crippen LogP contribution is 2.41. The summed E-state index contributed by atoms with van der Waals surface area (Å²) in [5.41, 5.74) is -0.169. The molecule has 4 nitrogen and oxygen atoms in total. The molecule has 0 atom stereocenters. The van der Waals surface area contributed by atoms with E-state index in [0.29, 0.717) is 22.5 Å². The lowest BCUT2D eigenvalue weighted by atomic mass is 9.94. The lowest BCUT2D eigenvalue weighted by Gasteiger charge is -2.15. The number of rotatable bonds is 4. The molecule has 0 saturated carbocycles. The van der Waals surface area contributed by atoms with Gasteiger partial charge in [-0.1, -0.05) is 33.8 Å². The summed E-state index contributed by atoms with van der Waals surface area (Å²) in [4.78, 5) is 10.3. The molecule has 0 saturated heterocycles. The first kappa shape index (κ1) is 20.3. The van der Waals surface area contributed by atoms with Crippen molar-refractivity contribution in [2.75, 3.05) is 0 Å². The smallest absolute Gasteiger partial charge is 0.431 e. The van der Waals surface area contributed by atoms with E-state index >= 15 is 0 Å². The minimum absolute atomic E-state index is 0.00859. The van der Waals surface area contributed by atoms with Crippen molar-refractivity contribution in [2.24, 2.45) is 0 Å². The SMILES string of the molecule is CCc1nc(Oc2c(F)cccc2OC(F)(F)F)c2cc(C(C)(C)C)sc2n1. The summed E-state index contributed by atoms with van der Waals surface area (Å²) in [5, 5.41) is 0.508. The van der Waals surface area contributed by atoms with Gasteiger partial charge in [0.25, 0.3) is 0 Å². The summed E-state index contributed by atoms with van der Waals surface area (Å²) >= 11 is 1.44. The topological polar surface area (TPSA) is 44.2 Å². The van der Waals surface area contributed by atoms with Gasteiger partial charge >= 0.3 is 6.36 Å². The highest BCUT2D eigenvalue weighted by atomic mass is 32.1. The summed E-state index contributed by atoms with van der Waals surface area (Å²) in [7, 11) is 0. The van der Waals surface area contributed by atoms with Gasteiger partial charge in [0.05, 0.1) is 5.39 Å². The van der Waals surface area contributed by atoms with Crippen LogP contribution in [-0.4, -0.2) is 16.3 Å². The van der Waals surface area contributed by atoms with E-state index in [1.54, 1.807) is 0 Å². The van der Waals surface area contributed by atoms with Crippen LogP contribution in [0, 0.1) is 5.82 Å². The third-order valence-electron chi connectivity index (χ3n) is 3.81. The van der Waals surface area contributed by atoms with Crippen molar-refractivity contribution in [3.05, 3.63) is 40.8 Å². The second-order valence-electron chi connectivity index (χ2n) is 7.09. The Labute approximate surface area is 163 Å². The van der Waals surface area contributed by atoms with Gasteiger partial charge in [-0.25, -0.2) is 9.37 Å². The molecule has 0 fully saturated rings. The summed E-state index contributed by atoms with van der Waals surface area (Å²) < 4.78 is 61.7. The van der Waals surface area contributed by atoms with E-state index in [1.165, 1.54) is 11.3 Å². The third-order valence-corrected chi connectivity index (χ3v) is 5.27. The molecule has 2 heterocycles. The molecule has 2 aromatic heterocycles. The average molecular weight is 414 g/mol. The van der Waals surface area contributed by atoms with Crippen molar-refractivity contribution in [1.29, 1.82) is 0 Å². The Hall–Kier alpha value is -2.42. The van der Waals surface area contributed by atoms with Crippen LogP contribution < -0.4 is 9.47 Å². The van der Waals surface area contributed by atoms with Crippen LogP contribution in [0.15, 0.2) is 24.3 Å². The van der Waals surface area contributed by atoms with Gasteiger partial charge in [0.2, 0.25) is 11.6 Å². The van der Waals surface area contributed by atoms with E-state index < -0.39 is 23.7 Å². The Bertz CT molecular complexity index is 1010. The highest BCUT2D eigenvalue weighted by molar-refractivity contribution is 7.18. The lowest BCUT2D eigenvalue weighted by Crippen LogP contribution is -2.17. The van der Waals surface area contributed by atoms with Gasteiger partial charge in [0.15, 0.2) is 11.6 Å². The summed E-state index contributed by atoms with van der Waals surface area (Å²) in [6.45, 7) is 7.92. The Morgan fingerprint density at radius 2 is 1.82 bits per heavy atom. The van der Waals surface area contributed by atoms with Crippen molar-refractivity contribution in [3.8, 4) is 17.4 Å². The van der Waals surface area contributed by atoms with Crippen LogP contribution in [-0.2, 0) is 11.8 Å². The molecule has 0 spiro atoms. The molecule has 0 aliphatic heterocycles. The Balaban J connectivity index is 2.13. The number of aromatic nitrogens is 2. The fourth-order valence-corrected chi connectivity index (χ4v) is 3.53. The van der Waals surface area contributed by atoms with E-state index in [2.05, 4.69) is 14.7 Å². The van der Waals surface area contributed by atoms with Gasteiger partial charge < -0.3 is 9.47 Å². The first-order valence-electron chi connectivity index (χ1n) is 8.51. The largest absolute Gasteiger partial charge is 0.573 e. The number of halogens is 4. The van der Waals surface area contributed by atoms with Crippen molar-refractivity contribution >= 4 is 21.6 Å². The van der Waals surface area contributed by atoms with Crippen LogP contribution >= 0.6 is 11.3 Å². The second kappa shape index (κ2) is 7.20. The quantitative estimate of drug-likeness (QED) is 0.465. The molecule has 150 valence electrons. The van der Waals surface area contributed by atoms with Gasteiger partial charge in [-0.3, -0.25) is 0 Å². The number of alkyl halides is 3. The standard InChI is InChI=1S/C19H18F4N2O2S/c1-5-14-24-16(10-9-13(18(2,3)4)28-17(10)25-14)26-15-11(20)7-6-8-12(15)27-19(21,22)23/h6-9H,5H2,1-4H3. The first-order valence-corrected chi connectivity index (χ1v) is 9.32. The molecule has 0 bridgehead atoms. The summed E-state index contributed by atoms with van der Waals surface area (Å²) in [6, 6.07) is 4.91. The van der Waals surface area contributed by atoms with E-state index in [4.69, 9.17) is 4.74 Å². The minimum Gasteiger partial charge on any atom is -0.431 e. The van der Waals surface area contributed by atoms with E-state index in [0.717, 1.165) is 23.1 Å². The van der Waals surface area contributed by atoms with Gasteiger partial charge in [-0.2, -0.15) is 4.98 Å². The van der Waals surface area contributed by atoms with Crippen LogP contribution in [0.5, 0.6) is 17.4 Å². The number of fused-ring (bicyclic) bond motifs is 1. The zero-order chi connectivity index (χ0) is 20.7. The molecule has 0 aliphatic rings. The number of thiophene rings is 1. The van der Waals surface area contributed by atoms with E-state index in [9.17, 15) is 17.6 Å². The Morgan fingerprint density at radius 3 is 2.43 bits per heavy atom. The van der Waals surface area contributed by atoms with Crippen molar-refractivity contribution < 1.29 is 27.0 Å². The number of hydrogen-bond donors (Lipinski definition) is 0. The average Bonchev–Trinajstić information content (AvgIpc) is 3.01. The number of benzene rings is 1. The molecule has 9 heteroatoms. The molecule has 28 heavy (non-hydrogen) atoms. The van der Waals surface area contributed by atoms with Gasteiger partial charge in [0, 0.05) is 11.3 Å². The van der Waals surface area contributed by atoms with Crippen molar-refractivity contribution in [3.63, 3.8) is 0 Å². The first-order chi connectivity index (χ1) is 13.0. The van der Waals surface area contributed by atoms with Crippen LogP contribution in [0.3, 0.4) is 0 Å². The lowest BCUT2D eigenvalue weighted by molar-refractivity contribution is -0.275. The summed E-state index contributed by atoms with van der Waals surface area (Å²) in [5.74, 6) is -2.00. The molecule has 0 amide bonds. The molecular formula is C19H18F4N2O2S.